The number of aliphatic hydroxyl groups is 1. The third kappa shape index (κ3) is 6.79. The van der Waals surface area contributed by atoms with E-state index in [4.69, 9.17) is 23.2 Å². The van der Waals surface area contributed by atoms with Gasteiger partial charge in [0.25, 0.3) is 5.91 Å². The summed E-state index contributed by atoms with van der Waals surface area (Å²) in [4.78, 5) is 30.1. The van der Waals surface area contributed by atoms with Gasteiger partial charge in [0, 0.05) is 24.5 Å². The second-order valence-electron chi connectivity index (χ2n) is 11.0. The molecule has 0 spiro atoms. The number of aliphatic carboxylic acids is 1. The SMILES string of the molecule is CC1CC(n2ncc(C(=O)N(CC(O)c3c(Cl)cncc3Cl)CC(C)(C)C)c2C(F)(F)F)CCC1C(=O)O. The van der Waals surface area contributed by atoms with Gasteiger partial charge in [-0.25, -0.2) is 0 Å². The molecule has 2 heterocycles. The van der Waals surface area contributed by atoms with E-state index >= 15 is 0 Å². The lowest BCUT2D eigenvalue weighted by Crippen LogP contribution is -2.41. The molecule has 8 nitrogen and oxygen atoms in total. The number of carbonyl (C=O) groups is 2. The Morgan fingerprint density at radius 2 is 1.76 bits per heavy atom. The number of nitrogens with zero attached hydrogens (tertiary/aromatic N) is 4. The molecule has 2 aromatic rings. The van der Waals surface area contributed by atoms with E-state index in [1.165, 1.54) is 12.4 Å². The Labute approximate surface area is 228 Å². The van der Waals surface area contributed by atoms with Gasteiger partial charge in [0.05, 0.1) is 46.4 Å². The number of halogens is 5. The molecule has 1 aliphatic rings. The van der Waals surface area contributed by atoms with Gasteiger partial charge in [-0.15, -0.1) is 0 Å². The van der Waals surface area contributed by atoms with Crippen LogP contribution < -0.4 is 0 Å². The standard InChI is InChI=1S/C25H31Cl2F3N4O4/c1-13-7-14(5-6-15(13)23(37)38)34-21(25(28,29)30)16(8-32-34)22(36)33(12-24(2,3)4)11-19(35)20-17(26)9-31-10-18(20)27/h8-10,13-15,19,35H,5-7,11-12H2,1-4H3,(H,37,38). The van der Waals surface area contributed by atoms with Crippen LogP contribution >= 0.6 is 23.2 Å². The normalized spacial score (nSPS) is 21.3. The number of carboxylic acids is 1. The van der Waals surface area contributed by atoms with Gasteiger partial charge in [0.2, 0.25) is 0 Å². The maximum Gasteiger partial charge on any atom is 0.433 e. The van der Waals surface area contributed by atoms with Crippen LogP contribution in [0.25, 0.3) is 0 Å². The van der Waals surface area contributed by atoms with Crippen LogP contribution in [0.4, 0.5) is 13.2 Å². The van der Waals surface area contributed by atoms with Gasteiger partial charge in [-0.05, 0) is 30.6 Å². The first-order chi connectivity index (χ1) is 17.5. The highest BCUT2D eigenvalue weighted by Gasteiger charge is 2.44. The second-order valence-corrected chi connectivity index (χ2v) is 11.8. The predicted molar refractivity (Wildman–Crippen MR) is 135 cm³/mol. The summed E-state index contributed by atoms with van der Waals surface area (Å²) in [5.74, 6) is -2.94. The molecule has 4 unspecified atom stereocenters. The molecule has 0 saturated heterocycles. The Balaban J connectivity index is 1.99. The Hall–Kier alpha value is -2.37. The van der Waals surface area contributed by atoms with Crippen molar-refractivity contribution in [2.75, 3.05) is 13.1 Å². The molecule has 0 aromatic carbocycles. The average Bonchev–Trinajstić information content (AvgIpc) is 3.22. The molecule has 0 bridgehead atoms. The Morgan fingerprint density at radius 3 is 2.26 bits per heavy atom. The zero-order valence-electron chi connectivity index (χ0n) is 21.5. The van der Waals surface area contributed by atoms with E-state index in [-0.39, 0.29) is 53.9 Å². The van der Waals surface area contributed by atoms with Crippen LogP contribution in [0.2, 0.25) is 10.0 Å². The molecular formula is C25H31Cl2F3N4O4. The lowest BCUT2D eigenvalue weighted by molar-refractivity contribution is -0.149. The van der Waals surface area contributed by atoms with Gasteiger partial charge >= 0.3 is 12.1 Å². The second kappa shape index (κ2) is 11.4. The lowest BCUT2D eigenvalue weighted by Gasteiger charge is -2.33. The van der Waals surface area contributed by atoms with Gasteiger partial charge in [-0.3, -0.25) is 19.3 Å². The summed E-state index contributed by atoms with van der Waals surface area (Å²) in [7, 11) is 0. The third-order valence-corrected chi connectivity index (χ3v) is 7.27. The molecule has 0 radical (unpaired) electrons. The summed E-state index contributed by atoms with van der Waals surface area (Å²) in [5, 5.41) is 24.4. The van der Waals surface area contributed by atoms with Crippen LogP contribution in [0.15, 0.2) is 18.6 Å². The molecule has 1 fully saturated rings. The molecule has 0 aliphatic heterocycles. The number of aliphatic hydroxyl groups excluding tert-OH is 1. The highest BCUT2D eigenvalue weighted by molar-refractivity contribution is 6.35. The number of carbonyl (C=O) groups excluding carboxylic acids is 1. The van der Waals surface area contributed by atoms with Crippen molar-refractivity contribution in [1.82, 2.24) is 19.7 Å². The molecule has 38 heavy (non-hydrogen) atoms. The number of pyridine rings is 1. The molecule has 1 amide bonds. The first kappa shape index (κ1) is 30.2. The highest BCUT2D eigenvalue weighted by Crippen LogP contribution is 2.41. The number of hydrogen-bond donors (Lipinski definition) is 2. The molecule has 1 aliphatic carbocycles. The zero-order valence-corrected chi connectivity index (χ0v) is 23.0. The summed E-state index contributed by atoms with van der Waals surface area (Å²) in [6.07, 6.45) is -2.28. The van der Waals surface area contributed by atoms with Gasteiger partial charge in [0.15, 0.2) is 5.69 Å². The topological polar surface area (TPSA) is 109 Å². The summed E-state index contributed by atoms with van der Waals surface area (Å²) >= 11 is 12.3. The Bertz CT molecular complexity index is 1160. The first-order valence-corrected chi connectivity index (χ1v) is 12.9. The maximum atomic E-state index is 14.4. The zero-order chi connectivity index (χ0) is 28.6. The molecule has 1 saturated carbocycles. The van der Waals surface area contributed by atoms with Crippen molar-refractivity contribution >= 4 is 35.1 Å². The van der Waals surface area contributed by atoms with E-state index in [1.54, 1.807) is 6.92 Å². The number of hydrogen-bond acceptors (Lipinski definition) is 5. The summed E-state index contributed by atoms with van der Waals surface area (Å²) in [5.41, 5.74) is -2.25. The van der Waals surface area contributed by atoms with Crippen molar-refractivity contribution in [1.29, 1.82) is 0 Å². The molecule has 2 N–H and O–H groups in total. The predicted octanol–water partition coefficient (Wildman–Crippen LogP) is 5.89. The van der Waals surface area contributed by atoms with Crippen LogP contribution in [0, 0.1) is 17.3 Å². The third-order valence-electron chi connectivity index (χ3n) is 6.67. The van der Waals surface area contributed by atoms with E-state index in [9.17, 15) is 33.0 Å². The Kier molecular flexibility index (Phi) is 9.05. The molecular weight excluding hydrogens is 548 g/mol. The number of carboxylic acid groups (broad SMARTS) is 1. The molecule has 4 atom stereocenters. The van der Waals surface area contributed by atoms with E-state index in [0.717, 1.165) is 15.8 Å². The van der Waals surface area contributed by atoms with Crippen LogP contribution in [0.3, 0.4) is 0 Å². The van der Waals surface area contributed by atoms with E-state index in [0.29, 0.717) is 0 Å². The minimum atomic E-state index is -4.90. The quantitative estimate of drug-likeness (QED) is 0.424. The summed E-state index contributed by atoms with van der Waals surface area (Å²) < 4.78 is 43.9. The van der Waals surface area contributed by atoms with Crippen molar-refractivity contribution in [3.05, 3.63) is 45.5 Å². The maximum absolute atomic E-state index is 14.4. The van der Waals surface area contributed by atoms with Gasteiger partial charge in [-0.1, -0.05) is 50.9 Å². The average molecular weight is 579 g/mol. The number of aromatic nitrogens is 3. The van der Waals surface area contributed by atoms with Crippen molar-refractivity contribution < 1.29 is 33.0 Å². The summed E-state index contributed by atoms with van der Waals surface area (Å²) in [6.45, 7) is 6.76. The number of rotatable bonds is 7. The molecule has 13 heteroatoms. The monoisotopic (exact) mass is 578 g/mol. The number of amides is 1. The minimum Gasteiger partial charge on any atom is -0.481 e. The van der Waals surface area contributed by atoms with Crippen molar-refractivity contribution in [3.63, 3.8) is 0 Å². The molecule has 2 aromatic heterocycles. The van der Waals surface area contributed by atoms with E-state index < -0.39 is 52.8 Å². The van der Waals surface area contributed by atoms with Crippen molar-refractivity contribution in [2.24, 2.45) is 17.3 Å². The van der Waals surface area contributed by atoms with Crippen LogP contribution in [-0.4, -0.2) is 54.8 Å². The lowest BCUT2D eigenvalue weighted by atomic mass is 9.78. The fraction of sp³-hybridized carbons (Fsp3) is 0.600. The highest BCUT2D eigenvalue weighted by atomic mass is 35.5. The van der Waals surface area contributed by atoms with Gasteiger partial charge in [0.1, 0.15) is 0 Å². The minimum absolute atomic E-state index is 0.0203. The molecule has 210 valence electrons. The van der Waals surface area contributed by atoms with Crippen molar-refractivity contribution in [3.8, 4) is 0 Å². The van der Waals surface area contributed by atoms with Crippen LogP contribution in [0.5, 0.6) is 0 Å². The van der Waals surface area contributed by atoms with Crippen LogP contribution in [-0.2, 0) is 11.0 Å². The van der Waals surface area contributed by atoms with E-state index in [2.05, 4.69) is 10.1 Å². The first-order valence-electron chi connectivity index (χ1n) is 12.1. The summed E-state index contributed by atoms with van der Waals surface area (Å²) in [6, 6.07) is -0.713. The molecule has 3 rings (SSSR count). The van der Waals surface area contributed by atoms with E-state index in [1.807, 2.05) is 20.8 Å². The smallest absolute Gasteiger partial charge is 0.433 e. The largest absolute Gasteiger partial charge is 0.481 e. The fourth-order valence-corrected chi connectivity index (χ4v) is 5.65. The van der Waals surface area contributed by atoms with Gasteiger partial charge in [-0.2, -0.15) is 18.3 Å². The fourth-order valence-electron chi connectivity index (χ4n) is 5.04. The van der Waals surface area contributed by atoms with Crippen LogP contribution in [0.1, 0.15) is 80.7 Å². The Morgan fingerprint density at radius 1 is 1.16 bits per heavy atom. The van der Waals surface area contributed by atoms with Crippen molar-refractivity contribution in [2.45, 2.75) is 65.3 Å². The van der Waals surface area contributed by atoms with Gasteiger partial charge < -0.3 is 15.1 Å². The number of alkyl halides is 3.